The van der Waals surface area contributed by atoms with Crippen molar-refractivity contribution in [2.24, 2.45) is 0 Å². The summed E-state index contributed by atoms with van der Waals surface area (Å²) in [6.45, 7) is 1.86. The molecule has 1 heterocycles. The summed E-state index contributed by atoms with van der Waals surface area (Å²) in [6, 6.07) is 9.38. The van der Waals surface area contributed by atoms with Crippen LogP contribution in [0.4, 0.5) is 0 Å². The van der Waals surface area contributed by atoms with Crippen molar-refractivity contribution in [2.75, 3.05) is 0 Å². The zero-order chi connectivity index (χ0) is 13.2. The fraction of sp³-hybridized carbons (Fsp3) is 0.529. The molecule has 1 aromatic carbocycles. The molecule has 1 aliphatic carbocycles. The summed E-state index contributed by atoms with van der Waals surface area (Å²) < 4.78 is 2.46. The van der Waals surface area contributed by atoms with E-state index >= 15 is 0 Å². The molecule has 1 N–H and O–H groups in total. The minimum atomic E-state index is -0.274. The average Bonchev–Trinajstić information content (AvgIpc) is 2.84. The lowest BCUT2D eigenvalue weighted by Crippen LogP contribution is -2.11. The molecule has 1 saturated carbocycles. The van der Waals surface area contributed by atoms with Crippen LogP contribution in [0.2, 0.25) is 0 Å². The first-order valence-electron chi connectivity index (χ1n) is 7.52. The highest BCUT2D eigenvalue weighted by Crippen LogP contribution is 2.32. The van der Waals surface area contributed by atoms with E-state index in [0.717, 1.165) is 6.42 Å². The zero-order valence-corrected chi connectivity index (χ0v) is 11.7. The molecule has 2 aromatic rings. The standard InChI is InChI=1S/C17H23NO/c1-13(19)12-14-6-5-9-17-16(14)10-11-18(17)15-7-3-2-4-8-15/h5-6,9-11,13,15,19H,2-4,7-8,12H2,1H3. The fourth-order valence-corrected chi connectivity index (χ4v) is 3.43. The van der Waals surface area contributed by atoms with E-state index in [0.29, 0.717) is 6.04 Å². The van der Waals surface area contributed by atoms with Gasteiger partial charge in [-0.15, -0.1) is 0 Å². The topological polar surface area (TPSA) is 25.2 Å². The van der Waals surface area contributed by atoms with Crippen molar-refractivity contribution >= 4 is 10.9 Å². The van der Waals surface area contributed by atoms with Gasteiger partial charge in [0.25, 0.3) is 0 Å². The molecule has 0 amide bonds. The molecule has 3 rings (SSSR count). The number of fused-ring (bicyclic) bond motifs is 1. The fourth-order valence-electron chi connectivity index (χ4n) is 3.43. The van der Waals surface area contributed by atoms with Crippen LogP contribution in [0.25, 0.3) is 10.9 Å². The Morgan fingerprint density at radius 2 is 2.00 bits per heavy atom. The van der Waals surface area contributed by atoms with Gasteiger partial charge in [0.1, 0.15) is 0 Å². The van der Waals surface area contributed by atoms with E-state index in [4.69, 9.17) is 0 Å². The third-order valence-electron chi connectivity index (χ3n) is 4.34. The molecular formula is C17H23NO. The van der Waals surface area contributed by atoms with Gasteiger partial charge in [0.15, 0.2) is 0 Å². The highest BCUT2D eigenvalue weighted by molar-refractivity contribution is 5.84. The second-order valence-electron chi connectivity index (χ2n) is 5.92. The predicted molar refractivity (Wildman–Crippen MR) is 79.4 cm³/mol. The molecule has 102 valence electrons. The summed E-state index contributed by atoms with van der Waals surface area (Å²) in [7, 11) is 0. The zero-order valence-electron chi connectivity index (χ0n) is 11.7. The Bertz CT molecular complexity index is 549. The van der Waals surface area contributed by atoms with Gasteiger partial charge in [0, 0.05) is 23.1 Å². The van der Waals surface area contributed by atoms with Crippen LogP contribution in [0.1, 0.15) is 50.6 Å². The van der Waals surface area contributed by atoms with Gasteiger partial charge in [-0.05, 0) is 43.9 Å². The lowest BCUT2D eigenvalue weighted by Gasteiger charge is -2.24. The van der Waals surface area contributed by atoms with Crippen molar-refractivity contribution in [3.05, 3.63) is 36.0 Å². The molecule has 0 aliphatic heterocycles. The second kappa shape index (κ2) is 5.38. The minimum Gasteiger partial charge on any atom is -0.393 e. The SMILES string of the molecule is CC(O)Cc1cccc2c1ccn2C1CCCCC1. The Morgan fingerprint density at radius 1 is 1.21 bits per heavy atom. The maximum Gasteiger partial charge on any atom is 0.0552 e. The first-order valence-corrected chi connectivity index (χ1v) is 7.52. The third kappa shape index (κ3) is 2.55. The monoisotopic (exact) mass is 257 g/mol. The van der Waals surface area contributed by atoms with Crippen LogP contribution in [-0.4, -0.2) is 15.8 Å². The molecule has 1 unspecified atom stereocenters. The Kier molecular flexibility index (Phi) is 3.61. The van der Waals surface area contributed by atoms with Crippen LogP contribution in [0.5, 0.6) is 0 Å². The Balaban J connectivity index is 1.98. The molecule has 0 spiro atoms. The van der Waals surface area contributed by atoms with E-state index in [2.05, 4.69) is 35.0 Å². The molecule has 1 fully saturated rings. The van der Waals surface area contributed by atoms with Crippen LogP contribution in [0.3, 0.4) is 0 Å². The van der Waals surface area contributed by atoms with Gasteiger partial charge in [0.05, 0.1) is 6.10 Å². The predicted octanol–water partition coefficient (Wildman–Crippen LogP) is 4.07. The van der Waals surface area contributed by atoms with Crippen LogP contribution in [0.15, 0.2) is 30.5 Å². The number of aliphatic hydroxyl groups excluding tert-OH is 1. The normalized spacial score (nSPS) is 18.8. The van der Waals surface area contributed by atoms with Crippen LogP contribution < -0.4 is 0 Å². The summed E-state index contributed by atoms with van der Waals surface area (Å²) in [5.41, 5.74) is 2.60. The van der Waals surface area contributed by atoms with Crippen molar-refractivity contribution in [2.45, 2.75) is 57.6 Å². The molecule has 0 bridgehead atoms. The largest absolute Gasteiger partial charge is 0.393 e. The van der Waals surface area contributed by atoms with Crippen molar-refractivity contribution in [1.82, 2.24) is 4.57 Å². The molecule has 19 heavy (non-hydrogen) atoms. The maximum absolute atomic E-state index is 9.61. The highest BCUT2D eigenvalue weighted by Gasteiger charge is 2.17. The Labute approximate surface area is 115 Å². The Morgan fingerprint density at radius 3 is 2.74 bits per heavy atom. The number of hydrogen-bond donors (Lipinski definition) is 1. The van der Waals surface area contributed by atoms with Crippen LogP contribution >= 0.6 is 0 Å². The molecule has 0 radical (unpaired) electrons. The van der Waals surface area contributed by atoms with Crippen molar-refractivity contribution in [1.29, 1.82) is 0 Å². The third-order valence-corrected chi connectivity index (χ3v) is 4.34. The molecular weight excluding hydrogens is 234 g/mol. The van der Waals surface area contributed by atoms with Gasteiger partial charge in [-0.2, -0.15) is 0 Å². The van der Waals surface area contributed by atoms with Crippen molar-refractivity contribution in [3.8, 4) is 0 Å². The van der Waals surface area contributed by atoms with Gasteiger partial charge in [-0.1, -0.05) is 31.4 Å². The smallest absolute Gasteiger partial charge is 0.0552 e. The van der Waals surface area contributed by atoms with Gasteiger partial charge < -0.3 is 9.67 Å². The van der Waals surface area contributed by atoms with E-state index in [1.54, 1.807) is 0 Å². The van der Waals surface area contributed by atoms with Crippen molar-refractivity contribution < 1.29 is 5.11 Å². The van der Waals surface area contributed by atoms with Gasteiger partial charge in [-0.25, -0.2) is 0 Å². The number of benzene rings is 1. The lowest BCUT2D eigenvalue weighted by molar-refractivity contribution is 0.196. The van der Waals surface area contributed by atoms with E-state index < -0.39 is 0 Å². The van der Waals surface area contributed by atoms with E-state index in [1.807, 2.05) is 6.92 Å². The van der Waals surface area contributed by atoms with Gasteiger partial charge in [-0.3, -0.25) is 0 Å². The quantitative estimate of drug-likeness (QED) is 0.881. The van der Waals surface area contributed by atoms with Crippen molar-refractivity contribution in [3.63, 3.8) is 0 Å². The van der Waals surface area contributed by atoms with E-state index in [-0.39, 0.29) is 6.10 Å². The number of hydrogen-bond acceptors (Lipinski definition) is 1. The summed E-state index contributed by atoms with van der Waals surface area (Å²) in [4.78, 5) is 0. The summed E-state index contributed by atoms with van der Waals surface area (Å²) >= 11 is 0. The summed E-state index contributed by atoms with van der Waals surface area (Å²) in [5, 5.41) is 10.9. The first-order chi connectivity index (χ1) is 9.25. The molecule has 0 saturated heterocycles. The molecule has 1 aromatic heterocycles. The first kappa shape index (κ1) is 12.7. The number of aromatic nitrogens is 1. The number of rotatable bonds is 3. The van der Waals surface area contributed by atoms with E-state index in [9.17, 15) is 5.11 Å². The summed E-state index contributed by atoms with van der Waals surface area (Å²) in [6.07, 6.45) is 9.44. The van der Waals surface area contributed by atoms with Crippen LogP contribution in [-0.2, 0) is 6.42 Å². The van der Waals surface area contributed by atoms with Gasteiger partial charge >= 0.3 is 0 Å². The number of aliphatic hydroxyl groups is 1. The molecule has 2 nitrogen and oxygen atoms in total. The minimum absolute atomic E-state index is 0.274. The molecule has 1 aliphatic rings. The highest BCUT2D eigenvalue weighted by atomic mass is 16.3. The van der Waals surface area contributed by atoms with Gasteiger partial charge in [0.2, 0.25) is 0 Å². The average molecular weight is 257 g/mol. The lowest BCUT2D eigenvalue weighted by atomic mass is 9.95. The molecule has 2 heteroatoms. The molecule has 1 atom stereocenters. The van der Waals surface area contributed by atoms with E-state index in [1.165, 1.54) is 48.6 Å². The number of nitrogens with zero attached hydrogens (tertiary/aromatic N) is 1. The van der Waals surface area contributed by atoms with Crippen LogP contribution in [0, 0.1) is 0 Å². The maximum atomic E-state index is 9.61. The Hall–Kier alpha value is -1.28. The second-order valence-corrected chi connectivity index (χ2v) is 5.92. The summed E-state index contributed by atoms with van der Waals surface area (Å²) in [5.74, 6) is 0.